The zero-order valence-electron chi connectivity index (χ0n) is 17.0. The lowest BCUT2D eigenvalue weighted by Gasteiger charge is -2.18. The molecule has 0 bridgehead atoms. The number of aromatic nitrogens is 2. The second-order valence-corrected chi connectivity index (χ2v) is 9.64. The molecule has 28 heavy (non-hydrogen) atoms. The zero-order valence-corrected chi connectivity index (χ0v) is 17.8. The number of ether oxygens (including phenoxy) is 2. The van der Waals surface area contributed by atoms with Crippen molar-refractivity contribution in [1.29, 1.82) is 0 Å². The van der Waals surface area contributed by atoms with Crippen molar-refractivity contribution in [1.82, 2.24) is 14.7 Å². The molecule has 1 fully saturated rings. The van der Waals surface area contributed by atoms with E-state index in [4.69, 9.17) is 9.47 Å². The van der Waals surface area contributed by atoms with Gasteiger partial charge in [0.2, 0.25) is 0 Å². The fourth-order valence-electron chi connectivity index (χ4n) is 3.59. The molecule has 154 valence electrons. The van der Waals surface area contributed by atoms with Crippen molar-refractivity contribution in [3.05, 3.63) is 41.2 Å². The molecule has 1 saturated heterocycles. The maximum atomic E-state index is 11.8. The molecule has 1 aromatic carbocycles. The number of sulfone groups is 1. The minimum atomic E-state index is -2.93. The molecule has 0 amide bonds. The molecule has 0 aliphatic carbocycles. The lowest BCUT2D eigenvalue weighted by Crippen LogP contribution is -2.24. The molecule has 3 rings (SSSR count). The third kappa shape index (κ3) is 4.86. The summed E-state index contributed by atoms with van der Waals surface area (Å²) in [5.41, 5.74) is 3.18. The number of benzene rings is 1. The SMILES string of the molecule is COc1ccc(OCCN(C)Cc2c(C)nn([C@@H]3CCS(=O)(=O)C3)c2C)cc1. The maximum absolute atomic E-state index is 11.8. The van der Waals surface area contributed by atoms with Crippen molar-refractivity contribution < 1.29 is 17.9 Å². The Bertz CT molecular complexity index is 906. The highest BCUT2D eigenvalue weighted by Crippen LogP contribution is 2.27. The van der Waals surface area contributed by atoms with Gasteiger partial charge in [0.05, 0.1) is 30.4 Å². The van der Waals surface area contributed by atoms with Gasteiger partial charge in [-0.25, -0.2) is 8.42 Å². The fraction of sp³-hybridized carbons (Fsp3) is 0.550. The van der Waals surface area contributed by atoms with Gasteiger partial charge < -0.3 is 9.47 Å². The van der Waals surface area contributed by atoms with Gasteiger partial charge in [-0.1, -0.05) is 0 Å². The van der Waals surface area contributed by atoms with Gasteiger partial charge in [0, 0.05) is 24.3 Å². The lowest BCUT2D eigenvalue weighted by atomic mass is 10.1. The van der Waals surface area contributed by atoms with Gasteiger partial charge in [0.25, 0.3) is 0 Å². The van der Waals surface area contributed by atoms with Gasteiger partial charge in [0.1, 0.15) is 18.1 Å². The highest BCUT2D eigenvalue weighted by atomic mass is 32.2. The quantitative estimate of drug-likeness (QED) is 0.669. The van der Waals surface area contributed by atoms with Crippen LogP contribution < -0.4 is 9.47 Å². The smallest absolute Gasteiger partial charge is 0.152 e. The molecule has 1 aromatic heterocycles. The van der Waals surface area contributed by atoms with Crippen LogP contribution in [0.25, 0.3) is 0 Å². The van der Waals surface area contributed by atoms with E-state index in [9.17, 15) is 8.42 Å². The highest BCUT2D eigenvalue weighted by Gasteiger charge is 2.31. The number of hydrogen-bond donors (Lipinski definition) is 0. The predicted molar refractivity (Wildman–Crippen MR) is 109 cm³/mol. The average molecular weight is 408 g/mol. The van der Waals surface area contributed by atoms with Crippen LogP contribution in [-0.2, 0) is 16.4 Å². The van der Waals surface area contributed by atoms with Crippen molar-refractivity contribution in [3.63, 3.8) is 0 Å². The first-order valence-corrected chi connectivity index (χ1v) is 11.3. The van der Waals surface area contributed by atoms with E-state index in [1.54, 1.807) is 7.11 Å². The first kappa shape index (κ1) is 20.7. The Kier molecular flexibility index (Phi) is 6.30. The van der Waals surface area contributed by atoms with E-state index in [1.165, 1.54) is 0 Å². The summed E-state index contributed by atoms with van der Waals surface area (Å²) < 4.78 is 36.5. The Morgan fingerprint density at radius 3 is 2.50 bits per heavy atom. The number of hydrogen-bond acceptors (Lipinski definition) is 6. The normalized spacial score (nSPS) is 18.5. The molecule has 0 N–H and O–H groups in total. The number of aryl methyl sites for hydroxylation is 1. The van der Waals surface area contributed by atoms with E-state index < -0.39 is 9.84 Å². The van der Waals surface area contributed by atoms with E-state index in [-0.39, 0.29) is 17.5 Å². The van der Waals surface area contributed by atoms with Crippen LogP contribution in [0.5, 0.6) is 11.5 Å². The number of nitrogens with zero attached hydrogens (tertiary/aromatic N) is 3. The van der Waals surface area contributed by atoms with Crippen LogP contribution in [-0.4, -0.2) is 61.9 Å². The van der Waals surface area contributed by atoms with Crippen LogP contribution in [0.3, 0.4) is 0 Å². The van der Waals surface area contributed by atoms with E-state index in [0.717, 1.165) is 41.5 Å². The Hall–Kier alpha value is -2.06. The summed E-state index contributed by atoms with van der Waals surface area (Å²) in [6, 6.07) is 7.51. The number of methoxy groups -OCH3 is 1. The van der Waals surface area contributed by atoms with Gasteiger partial charge in [-0.05, 0) is 51.6 Å². The molecule has 1 atom stereocenters. The molecule has 7 nitrogen and oxygen atoms in total. The number of likely N-dealkylation sites (N-methyl/N-ethyl adjacent to an activating group) is 1. The molecule has 1 aliphatic rings. The van der Waals surface area contributed by atoms with E-state index in [0.29, 0.717) is 13.0 Å². The van der Waals surface area contributed by atoms with E-state index in [2.05, 4.69) is 10.00 Å². The van der Waals surface area contributed by atoms with Crippen molar-refractivity contribution in [2.24, 2.45) is 0 Å². The summed E-state index contributed by atoms with van der Waals surface area (Å²) >= 11 is 0. The van der Waals surface area contributed by atoms with Crippen LogP contribution in [0.2, 0.25) is 0 Å². The third-order valence-corrected chi connectivity index (χ3v) is 7.01. The molecule has 2 aromatic rings. The van der Waals surface area contributed by atoms with Crippen molar-refractivity contribution in [3.8, 4) is 11.5 Å². The molecule has 8 heteroatoms. The Morgan fingerprint density at radius 2 is 1.89 bits per heavy atom. The first-order valence-electron chi connectivity index (χ1n) is 9.49. The maximum Gasteiger partial charge on any atom is 0.152 e. The van der Waals surface area contributed by atoms with E-state index in [1.807, 2.05) is 49.8 Å². The predicted octanol–water partition coefficient (Wildman–Crippen LogP) is 2.38. The molecule has 0 unspecified atom stereocenters. The van der Waals surface area contributed by atoms with Gasteiger partial charge >= 0.3 is 0 Å². The van der Waals surface area contributed by atoms with E-state index >= 15 is 0 Å². The summed E-state index contributed by atoms with van der Waals surface area (Å²) in [6.07, 6.45) is 0.648. The standard InChI is InChI=1S/C20H29N3O4S/c1-15-20(16(2)23(21-15)17-9-12-28(24,25)14-17)13-22(3)10-11-27-19-7-5-18(26-4)6-8-19/h5-8,17H,9-14H2,1-4H3/t17-/m1/s1. The van der Waals surface area contributed by atoms with Gasteiger partial charge in [-0.15, -0.1) is 0 Å². The first-order chi connectivity index (χ1) is 13.3. The van der Waals surface area contributed by atoms with Crippen LogP contribution in [0.1, 0.15) is 29.4 Å². The molecule has 2 heterocycles. The summed E-state index contributed by atoms with van der Waals surface area (Å²) in [6.45, 7) is 6.12. The molecule has 0 radical (unpaired) electrons. The van der Waals surface area contributed by atoms with Crippen molar-refractivity contribution in [2.45, 2.75) is 32.9 Å². The van der Waals surface area contributed by atoms with Crippen LogP contribution >= 0.6 is 0 Å². The molecule has 0 spiro atoms. The van der Waals surface area contributed by atoms with Gasteiger partial charge in [0.15, 0.2) is 9.84 Å². The summed E-state index contributed by atoms with van der Waals surface area (Å²) in [5.74, 6) is 2.08. The molecule has 0 saturated carbocycles. The zero-order chi connectivity index (χ0) is 20.3. The summed E-state index contributed by atoms with van der Waals surface area (Å²) in [5, 5.41) is 4.64. The fourth-order valence-corrected chi connectivity index (χ4v) is 5.28. The number of rotatable bonds is 8. The van der Waals surface area contributed by atoms with Crippen molar-refractivity contribution >= 4 is 9.84 Å². The van der Waals surface area contributed by atoms with Crippen molar-refractivity contribution in [2.75, 3.05) is 38.8 Å². The van der Waals surface area contributed by atoms with Crippen LogP contribution in [0.4, 0.5) is 0 Å². The lowest BCUT2D eigenvalue weighted by molar-refractivity contribution is 0.232. The highest BCUT2D eigenvalue weighted by molar-refractivity contribution is 7.91. The monoisotopic (exact) mass is 407 g/mol. The second kappa shape index (κ2) is 8.53. The van der Waals surface area contributed by atoms with Crippen LogP contribution in [0.15, 0.2) is 24.3 Å². The molecular weight excluding hydrogens is 378 g/mol. The van der Waals surface area contributed by atoms with Crippen LogP contribution in [0, 0.1) is 13.8 Å². The largest absolute Gasteiger partial charge is 0.497 e. The third-order valence-electron chi connectivity index (χ3n) is 5.26. The summed E-state index contributed by atoms with van der Waals surface area (Å²) in [7, 11) is 0.765. The Balaban J connectivity index is 1.55. The second-order valence-electron chi connectivity index (χ2n) is 7.41. The average Bonchev–Trinajstić information content (AvgIpc) is 3.15. The molecule has 1 aliphatic heterocycles. The minimum absolute atomic E-state index is 0.0406. The molecular formula is C20H29N3O4S. The Morgan fingerprint density at radius 1 is 1.21 bits per heavy atom. The van der Waals surface area contributed by atoms with Gasteiger partial charge in [-0.2, -0.15) is 5.10 Å². The van der Waals surface area contributed by atoms with Gasteiger partial charge in [-0.3, -0.25) is 9.58 Å². The Labute approximate surface area is 167 Å². The minimum Gasteiger partial charge on any atom is -0.497 e. The summed E-state index contributed by atoms with van der Waals surface area (Å²) in [4.78, 5) is 2.19. The topological polar surface area (TPSA) is 73.7 Å².